The van der Waals surface area contributed by atoms with Crippen molar-refractivity contribution in [1.82, 2.24) is 9.88 Å². The molecule has 0 saturated heterocycles. The largest absolute Gasteiger partial charge is 0.494 e. The summed E-state index contributed by atoms with van der Waals surface area (Å²) in [6, 6.07) is 10.8. The minimum absolute atomic E-state index is 0.255. The average Bonchev–Trinajstić information content (AvgIpc) is 3.15. The van der Waals surface area contributed by atoms with Crippen molar-refractivity contribution < 1.29 is 18.6 Å². The Morgan fingerprint density at radius 3 is 2.32 bits per heavy atom. The van der Waals surface area contributed by atoms with Crippen molar-refractivity contribution >= 4 is 11.3 Å². The molecule has 148 valence electrons. The summed E-state index contributed by atoms with van der Waals surface area (Å²) in [5.41, 5.74) is 2.83. The van der Waals surface area contributed by atoms with Gasteiger partial charge in [-0.05, 0) is 42.9 Å². The van der Waals surface area contributed by atoms with Crippen LogP contribution in [0.25, 0.3) is 10.6 Å². The summed E-state index contributed by atoms with van der Waals surface area (Å²) in [7, 11) is 6.68. The molecule has 0 aliphatic rings. The van der Waals surface area contributed by atoms with Gasteiger partial charge in [0.25, 0.3) is 0 Å². The van der Waals surface area contributed by atoms with Crippen LogP contribution in [0.5, 0.6) is 17.2 Å². The number of halogens is 1. The van der Waals surface area contributed by atoms with Gasteiger partial charge in [-0.1, -0.05) is 6.07 Å². The molecule has 2 aromatic carbocycles. The van der Waals surface area contributed by atoms with Crippen LogP contribution in [0.15, 0.2) is 41.8 Å². The lowest BCUT2D eigenvalue weighted by molar-refractivity contribution is 0.314. The molecular formula is C21H23FN2O3S. The minimum Gasteiger partial charge on any atom is -0.494 e. The quantitative estimate of drug-likeness (QED) is 0.551. The maximum atomic E-state index is 13.9. The summed E-state index contributed by atoms with van der Waals surface area (Å²) in [6.07, 6.45) is 0. The molecule has 1 heterocycles. The Labute approximate surface area is 168 Å². The Hall–Kier alpha value is -2.64. The van der Waals surface area contributed by atoms with Crippen LogP contribution >= 0.6 is 11.3 Å². The maximum absolute atomic E-state index is 13.9. The average molecular weight is 402 g/mol. The highest BCUT2D eigenvalue weighted by molar-refractivity contribution is 7.13. The fourth-order valence-corrected chi connectivity index (χ4v) is 3.74. The number of benzene rings is 2. The standard InChI is InChI=1S/C21H23FN2O3S/c1-24(11-14-5-7-18(25-2)17(22)9-14)12-16-13-28-21(23-16)15-6-8-19(26-3)20(10-15)27-4/h5-10,13H,11-12H2,1-4H3. The van der Waals surface area contributed by atoms with E-state index < -0.39 is 0 Å². The van der Waals surface area contributed by atoms with Crippen LogP contribution in [-0.2, 0) is 13.1 Å². The van der Waals surface area contributed by atoms with Crippen molar-refractivity contribution in [2.45, 2.75) is 13.1 Å². The van der Waals surface area contributed by atoms with Crippen LogP contribution in [-0.4, -0.2) is 38.3 Å². The smallest absolute Gasteiger partial charge is 0.165 e. The minimum atomic E-state index is -0.349. The van der Waals surface area contributed by atoms with E-state index in [2.05, 4.69) is 4.90 Å². The van der Waals surface area contributed by atoms with Gasteiger partial charge in [0, 0.05) is 24.0 Å². The zero-order chi connectivity index (χ0) is 20.1. The first-order valence-corrected chi connectivity index (χ1v) is 9.59. The number of hydrogen-bond acceptors (Lipinski definition) is 6. The molecule has 0 atom stereocenters. The summed E-state index contributed by atoms with van der Waals surface area (Å²) in [5, 5.41) is 2.96. The van der Waals surface area contributed by atoms with Crippen molar-refractivity contribution in [1.29, 1.82) is 0 Å². The highest BCUT2D eigenvalue weighted by Crippen LogP contribution is 2.33. The molecule has 0 aliphatic heterocycles. The van der Waals surface area contributed by atoms with Crippen LogP contribution in [0.4, 0.5) is 4.39 Å². The van der Waals surface area contributed by atoms with Gasteiger partial charge in [0.15, 0.2) is 23.1 Å². The molecule has 0 unspecified atom stereocenters. The van der Waals surface area contributed by atoms with E-state index in [1.54, 1.807) is 31.6 Å². The van der Waals surface area contributed by atoms with E-state index in [1.165, 1.54) is 13.2 Å². The van der Waals surface area contributed by atoms with Crippen LogP contribution < -0.4 is 14.2 Å². The third-order valence-corrected chi connectivity index (χ3v) is 5.22. The lowest BCUT2D eigenvalue weighted by Crippen LogP contribution is -2.17. The molecule has 28 heavy (non-hydrogen) atoms. The molecule has 0 fully saturated rings. The van der Waals surface area contributed by atoms with Crippen molar-refractivity contribution in [2.24, 2.45) is 0 Å². The normalized spacial score (nSPS) is 10.9. The second-order valence-electron chi connectivity index (χ2n) is 6.35. The van der Waals surface area contributed by atoms with Gasteiger partial charge >= 0.3 is 0 Å². The fourth-order valence-electron chi connectivity index (χ4n) is 2.93. The first-order valence-electron chi connectivity index (χ1n) is 8.71. The zero-order valence-electron chi connectivity index (χ0n) is 16.4. The maximum Gasteiger partial charge on any atom is 0.165 e. The summed E-state index contributed by atoms with van der Waals surface area (Å²) < 4.78 is 29.5. The molecule has 3 aromatic rings. The topological polar surface area (TPSA) is 43.8 Å². The second-order valence-corrected chi connectivity index (χ2v) is 7.21. The fraction of sp³-hybridized carbons (Fsp3) is 0.286. The third-order valence-electron chi connectivity index (χ3n) is 4.28. The van der Waals surface area contributed by atoms with Gasteiger partial charge in [-0.15, -0.1) is 11.3 Å². The van der Waals surface area contributed by atoms with Gasteiger partial charge in [-0.25, -0.2) is 9.37 Å². The van der Waals surface area contributed by atoms with Gasteiger partial charge < -0.3 is 14.2 Å². The molecule has 0 spiro atoms. The van der Waals surface area contributed by atoms with E-state index in [0.717, 1.165) is 21.8 Å². The van der Waals surface area contributed by atoms with E-state index in [0.29, 0.717) is 24.6 Å². The number of ether oxygens (including phenoxy) is 3. The molecule has 5 nitrogen and oxygen atoms in total. The van der Waals surface area contributed by atoms with Crippen LogP contribution in [0.1, 0.15) is 11.3 Å². The molecule has 0 bridgehead atoms. The van der Waals surface area contributed by atoms with Crippen molar-refractivity contribution in [2.75, 3.05) is 28.4 Å². The molecular weight excluding hydrogens is 379 g/mol. The van der Waals surface area contributed by atoms with Gasteiger partial charge in [0.05, 0.1) is 27.0 Å². The molecule has 3 rings (SSSR count). The number of aromatic nitrogens is 1. The van der Waals surface area contributed by atoms with Gasteiger partial charge in [-0.3, -0.25) is 4.90 Å². The predicted molar refractivity (Wildman–Crippen MR) is 109 cm³/mol. The summed E-state index contributed by atoms with van der Waals surface area (Å²) in [5.74, 6) is 1.27. The Balaban J connectivity index is 1.68. The van der Waals surface area contributed by atoms with Crippen LogP contribution in [0.3, 0.4) is 0 Å². The van der Waals surface area contributed by atoms with Crippen LogP contribution in [0.2, 0.25) is 0 Å². The van der Waals surface area contributed by atoms with E-state index in [4.69, 9.17) is 19.2 Å². The lowest BCUT2D eigenvalue weighted by Gasteiger charge is -2.15. The molecule has 0 amide bonds. The number of methoxy groups -OCH3 is 3. The van der Waals surface area contributed by atoms with E-state index in [9.17, 15) is 4.39 Å². The van der Waals surface area contributed by atoms with Crippen molar-refractivity contribution in [3.63, 3.8) is 0 Å². The monoisotopic (exact) mass is 402 g/mol. The second kappa shape index (κ2) is 9.03. The highest BCUT2D eigenvalue weighted by Gasteiger charge is 2.12. The molecule has 0 saturated carbocycles. The van der Waals surface area contributed by atoms with E-state index in [-0.39, 0.29) is 11.6 Å². The van der Waals surface area contributed by atoms with E-state index >= 15 is 0 Å². The van der Waals surface area contributed by atoms with Crippen molar-refractivity contribution in [3.8, 4) is 27.8 Å². The number of thiazole rings is 1. The number of rotatable bonds is 8. The molecule has 0 radical (unpaired) electrons. The van der Waals surface area contributed by atoms with Crippen LogP contribution in [0, 0.1) is 5.82 Å². The third kappa shape index (κ3) is 4.61. The number of nitrogens with zero attached hydrogens (tertiary/aromatic N) is 2. The lowest BCUT2D eigenvalue weighted by atomic mass is 10.2. The SMILES string of the molecule is COc1ccc(CN(C)Cc2csc(-c3ccc(OC)c(OC)c3)n2)cc1F. The Bertz CT molecular complexity index is 945. The highest BCUT2D eigenvalue weighted by atomic mass is 32.1. The van der Waals surface area contributed by atoms with Gasteiger partial charge in [0.2, 0.25) is 0 Å². The molecule has 0 N–H and O–H groups in total. The molecule has 1 aromatic heterocycles. The Kier molecular flexibility index (Phi) is 6.49. The first-order chi connectivity index (χ1) is 13.5. The number of hydrogen-bond donors (Lipinski definition) is 0. The van der Waals surface area contributed by atoms with E-state index in [1.807, 2.05) is 36.7 Å². The first kappa shape index (κ1) is 20.1. The molecule has 0 aliphatic carbocycles. The predicted octanol–water partition coefficient (Wildman–Crippen LogP) is 4.61. The Morgan fingerprint density at radius 2 is 1.64 bits per heavy atom. The molecule has 7 heteroatoms. The van der Waals surface area contributed by atoms with Crippen molar-refractivity contribution in [3.05, 3.63) is 58.9 Å². The zero-order valence-corrected chi connectivity index (χ0v) is 17.2. The van der Waals surface area contributed by atoms with Gasteiger partial charge in [-0.2, -0.15) is 0 Å². The summed E-state index contributed by atoms with van der Waals surface area (Å²) >= 11 is 1.58. The van der Waals surface area contributed by atoms with Gasteiger partial charge in [0.1, 0.15) is 5.01 Å². The summed E-state index contributed by atoms with van der Waals surface area (Å²) in [6.45, 7) is 1.28. The summed E-state index contributed by atoms with van der Waals surface area (Å²) in [4.78, 5) is 6.82. The Morgan fingerprint density at radius 1 is 0.929 bits per heavy atom.